The normalized spacial score (nSPS) is 3.25. The van der Waals surface area contributed by atoms with E-state index in [1.807, 2.05) is 0 Å². The van der Waals surface area contributed by atoms with Gasteiger partial charge in [-0.2, -0.15) is 0 Å². The SMILES string of the molecule is CC=O.[PoH2]. The first kappa shape index (κ1) is 8.82. The summed E-state index contributed by atoms with van der Waals surface area (Å²) in [7, 11) is 0. The van der Waals surface area contributed by atoms with Crippen LogP contribution in [-0.4, -0.2) is 32.9 Å². The molecule has 0 atom stereocenters. The molecule has 26 valence electrons. The molecular formula is C2H6OPo. The van der Waals surface area contributed by atoms with E-state index in [1.54, 1.807) is 0 Å². The first-order valence-corrected chi connectivity index (χ1v) is 0.813. The third-order valence-electron chi connectivity index (χ3n) is 0. The molecule has 0 aliphatic carbocycles. The van der Waals surface area contributed by atoms with Gasteiger partial charge in [-0.15, -0.1) is 0 Å². The molecule has 0 rings (SSSR count). The van der Waals surface area contributed by atoms with Crippen molar-refractivity contribution in [2.24, 2.45) is 0 Å². The molecule has 0 fully saturated rings. The number of hydrogen-bond donors (Lipinski definition) is 0. The van der Waals surface area contributed by atoms with Crippen molar-refractivity contribution in [3.63, 3.8) is 0 Å². The molecule has 0 N–H and O–H groups in total. The van der Waals surface area contributed by atoms with Crippen molar-refractivity contribution in [2.45, 2.75) is 6.92 Å². The van der Waals surface area contributed by atoms with Crippen LogP contribution in [0.4, 0.5) is 0 Å². The van der Waals surface area contributed by atoms with E-state index in [0.29, 0.717) is 0 Å². The Hall–Kier alpha value is 0.566. The van der Waals surface area contributed by atoms with Crippen LogP contribution in [0.3, 0.4) is 0 Å². The molecule has 1 nitrogen and oxygen atoms in total. The second-order valence-electron chi connectivity index (χ2n) is 0.236. The fraction of sp³-hybridized carbons (Fsp3) is 0.500. The summed E-state index contributed by atoms with van der Waals surface area (Å²) in [6.07, 6.45) is 0.750. The summed E-state index contributed by atoms with van der Waals surface area (Å²) in [6, 6.07) is 0. The van der Waals surface area contributed by atoms with Crippen LogP contribution >= 0.6 is 0 Å². The van der Waals surface area contributed by atoms with Gasteiger partial charge in [0.1, 0.15) is 6.29 Å². The van der Waals surface area contributed by atoms with Gasteiger partial charge in [0.2, 0.25) is 0 Å². The minimum atomic E-state index is 0. The Morgan fingerprint density at radius 3 is 1.75 bits per heavy atom. The summed E-state index contributed by atoms with van der Waals surface area (Å²) in [4.78, 5) is 8.81. The molecular weight excluding hydrogens is 249 g/mol. The molecule has 0 unspecified atom stereocenters. The van der Waals surface area contributed by atoms with Crippen LogP contribution in [0.1, 0.15) is 6.92 Å². The molecule has 0 aromatic rings. The molecule has 2 heteroatoms. The third-order valence-corrected chi connectivity index (χ3v) is 0. The van der Waals surface area contributed by atoms with Crippen molar-refractivity contribution < 1.29 is 4.79 Å². The Morgan fingerprint density at radius 1 is 1.75 bits per heavy atom. The Labute approximate surface area is 44.9 Å². The summed E-state index contributed by atoms with van der Waals surface area (Å²) < 4.78 is 0. The van der Waals surface area contributed by atoms with E-state index in [1.165, 1.54) is 6.92 Å². The predicted molar refractivity (Wildman–Crippen MR) is 20.3 cm³/mol. The Balaban J connectivity index is 0. The number of rotatable bonds is 0. The maximum absolute atomic E-state index is 8.81. The van der Waals surface area contributed by atoms with Gasteiger partial charge < -0.3 is 4.79 Å². The quantitative estimate of drug-likeness (QED) is 0.522. The zero-order chi connectivity index (χ0) is 2.71. The summed E-state index contributed by atoms with van der Waals surface area (Å²) in [6.45, 7) is 1.44. The Morgan fingerprint density at radius 2 is 1.75 bits per heavy atom. The first-order chi connectivity index (χ1) is 1.41. The van der Waals surface area contributed by atoms with Crippen molar-refractivity contribution in [3.8, 4) is 0 Å². The number of hydrogen-bond acceptors (Lipinski definition) is 1. The minimum absolute atomic E-state index is 0. The summed E-state index contributed by atoms with van der Waals surface area (Å²) in [5.41, 5.74) is 0. The zero-order valence-corrected chi connectivity index (χ0v) is 6.37. The molecule has 0 saturated heterocycles. The second-order valence-corrected chi connectivity index (χ2v) is 0.236. The molecule has 0 radical (unpaired) electrons. The van der Waals surface area contributed by atoms with Gasteiger partial charge in [-0.1, -0.05) is 0 Å². The average Bonchev–Trinajstić information content (AvgIpc) is 0.918. The van der Waals surface area contributed by atoms with Crippen LogP contribution in [0.2, 0.25) is 0 Å². The maximum atomic E-state index is 8.81. The number of carbonyl (C=O) groups is 1. The molecule has 0 amide bonds. The average molecular weight is 255 g/mol. The van der Waals surface area contributed by atoms with Gasteiger partial charge in [-0.05, 0) is 6.92 Å². The molecule has 0 aliphatic heterocycles. The van der Waals surface area contributed by atoms with Crippen molar-refractivity contribution in [1.29, 1.82) is 0 Å². The molecule has 0 aromatic heterocycles. The molecule has 0 bridgehead atoms. The summed E-state index contributed by atoms with van der Waals surface area (Å²) >= 11 is 0. The van der Waals surface area contributed by atoms with Crippen LogP contribution in [0, 0.1) is 0 Å². The number of carbonyl (C=O) groups excluding carboxylic acids is 1. The third kappa shape index (κ3) is 19.6. The fourth-order valence-electron chi connectivity index (χ4n) is 0. The monoisotopic (exact) mass is 255 g/mol. The number of aldehydes is 1. The van der Waals surface area contributed by atoms with E-state index in [0.717, 1.165) is 6.29 Å². The van der Waals surface area contributed by atoms with E-state index in [-0.39, 0.29) is 26.6 Å². The van der Waals surface area contributed by atoms with Crippen LogP contribution in [0.15, 0.2) is 0 Å². The van der Waals surface area contributed by atoms with E-state index in [2.05, 4.69) is 0 Å². The van der Waals surface area contributed by atoms with Gasteiger partial charge in [0, 0.05) is 0 Å². The fourth-order valence-corrected chi connectivity index (χ4v) is 0. The Kier molecular flexibility index (Phi) is 21.1. The molecule has 0 heterocycles. The van der Waals surface area contributed by atoms with Gasteiger partial charge in [0.15, 0.2) is 0 Å². The van der Waals surface area contributed by atoms with Crippen molar-refractivity contribution in [3.05, 3.63) is 0 Å². The van der Waals surface area contributed by atoms with Crippen molar-refractivity contribution in [1.82, 2.24) is 0 Å². The van der Waals surface area contributed by atoms with Gasteiger partial charge in [0.25, 0.3) is 0 Å². The van der Waals surface area contributed by atoms with Crippen LogP contribution in [0.5, 0.6) is 0 Å². The Bertz CT molecular complexity index is 13.5. The van der Waals surface area contributed by atoms with Gasteiger partial charge in [0.05, 0.1) is 0 Å². The summed E-state index contributed by atoms with van der Waals surface area (Å²) in [5, 5.41) is 0. The molecule has 0 spiro atoms. The summed E-state index contributed by atoms with van der Waals surface area (Å²) in [5.74, 6) is 0. The van der Waals surface area contributed by atoms with Gasteiger partial charge in [-0.3, -0.25) is 0 Å². The van der Waals surface area contributed by atoms with E-state index in [4.69, 9.17) is 4.79 Å². The standard InChI is InChI=1S/C2H4O.Po.2H/c1-2-3;;;/h2H,1H3;;;. The van der Waals surface area contributed by atoms with Gasteiger partial charge >= 0.3 is 26.6 Å². The topological polar surface area (TPSA) is 17.1 Å². The van der Waals surface area contributed by atoms with Crippen molar-refractivity contribution in [2.75, 3.05) is 0 Å². The van der Waals surface area contributed by atoms with E-state index >= 15 is 0 Å². The molecule has 0 aliphatic rings. The zero-order valence-electron chi connectivity index (χ0n) is 2.49. The van der Waals surface area contributed by atoms with E-state index < -0.39 is 0 Å². The van der Waals surface area contributed by atoms with Crippen molar-refractivity contribution >= 4 is 32.9 Å². The van der Waals surface area contributed by atoms with Crippen LogP contribution in [-0.2, 0) is 4.79 Å². The molecule has 0 aromatic carbocycles. The van der Waals surface area contributed by atoms with Gasteiger partial charge in [-0.25, -0.2) is 0 Å². The molecule has 0 saturated carbocycles. The predicted octanol–water partition coefficient (Wildman–Crippen LogP) is -0.711. The van der Waals surface area contributed by atoms with E-state index in [9.17, 15) is 0 Å². The second kappa shape index (κ2) is 9.57. The van der Waals surface area contributed by atoms with Crippen LogP contribution in [0.25, 0.3) is 0 Å². The first-order valence-electron chi connectivity index (χ1n) is 0.813. The van der Waals surface area contributed by atoms with Crippen LogP contribution < -0.4 is 0 Å². The molecule has 4 heavy (non-hydrogen) atoms.